The molecule has 28 heavy (non-hydrogen) atoms. The quantitative estimate of drug-likeness (QED) is 0.597. The second-order valence-corrected chi connectivity index (χ2v) is 7.16. The molecule has 0 saturated carbocycles. The van der Waals surface area contributed by atoms with E-state index in [0.717, 1.165) is 12.8 Å². The van der Waals surface area contributed by atoms with Crippen LogP contribution in [0.4, 0.5) is 15.3 Å². The van der Waals surface area contributed by atoms with Crippen molar-refractivity contribution in [3.05, 3.63) is 30.3 Å². The zero-order valence-corrected chi connectivity index (χ0v) is 16.3. The summed E-state index contributed by atoms with van der Waals surface area (Å²) in [6.45, 7) is 4.69. The van der Waals surface area contributed by atoms with Gasteiger partial charge in [-0.15, -0.1) is 0 Å². The molecule has 0 aliphatic carbocycles. The molecule has 8 nitrogen and oxygen atoms in total. The van der Waals surface area contributed by atoms with Crippen LogP contribution in [0.15, 0.2) is 30.3 Å². The molecule has 0 spiro atoms. The lowest BCUT2D eigenvalue weighted by molar-refractivity contribution is -0.152. The van der Waals surface area contributed by atoms with E-state index in [9.17, 15) is 19.5 Å². The van der Waals surface area contributed by atoms with E-state index in [1.807, 2.05) is 32.0 Å². The Balaban J connectivity index is 2.05. The summed E-state index contributed by atoms with van der Waals surface area (Å²) in [5, 5.41) is 9.45. The van der Waals surface area contributed by atoms with E-state index in [4.69, 9.17) is 4.74 Å². The number of para-hydroxylation sites is 1. The summed E-state index contributed by atoms with van der Waals surface area (Å²) < 4.78 is 5.58. The van der Waals surface area contributed by atoms with E-state index in [0.29, 0.717) is 12.1 Å². The second kappa shape index (κ2) is 8.08. The highest BCUT2D eigenvalue weighted by Gasteiger charge is 2.63. The highest BCUT2D eigenvalue weighted by molar-refractivity contribution is 6.05. The topological polar surface area (TPSA) is 90.4 Å². The number of amides is 3. The number of anilines is 1. The lowest BCUT2D eigenvalue weighted by atomic mass is 9.85. The summed E-state index contributed by atoms with van der Waals surface area (Å²) in [6, 6.07) is 8.17. The summed E-state index contributed by atoms with van der Waals surface area (Å²) in [5.41, 5.74) is -0.654. The van der Waals surface area contributed by atoms with Gasteiger partial charge in [-0.05, 0) is 25.0 Å². The van der Waals surface area contributed by atoms with Crippen molar-refractivity contribution in [3.63, 3.8) is 0 Å². The maximum atomic E-state index is 13.3. The number of hydrogen-bond acceptors (Lipinski definition) is 4. The van der Waals surface area contributed by atoms with Crippen molar-refractivity contribution >= 4 is 23.8 Å². The average Bonchev–Trinajstić information content (AvgIpc) is 2.97. The van der Waals surface area contributed by atoms with Crippen molar-refractivity contribution in [1.82, 2.24) is 9.80 Å². The largest absolute Gasteiger partial charge is 0.465 e. The van der Waals surface area contributed by atoms with Crippen LogP contribution in [0, 0.1) is 0 Å². The van der Waals surface area contributed by atoms with Gasteiger partial charge in [0.05, 0.1) is 12.6 Å². The van der Waals surface area contributed by atoms with Crippen LogP contribution in [0.5, 0.6) is 0 Å². The zero-order chi connectivity index (χ0) is 20.3. The summed E-state index contributed by atoms with van der Waals surface area (Å²) in [5.74, 6) is -0.472. The van der Waals surface area contributed by atoms with Crippen LogP contribution in [0.25, 0.3) is 0 Å². The first kappa shape index (κ1) is 20.0. The fourth-order valence-electron chi connectivity index (χ4n) is 4.16. The fourth-order valence-corrected chi connectivity index (χ4v) is 4.16. The van der Waals surface area contributed by atoms with Crippen LogP contribution < -0.4 is 4.90 Å². The number of urea groups is 1. The molecule has 2 unspecified atom stereocenters. The molecule has 3 rings (SSSR count). The third kappa shape index (κ3) is 3.16. The molecule has 2 fully saturated rings. The van der Waals surface area contributed by atoms with Gasteiger partial charge in [-0.1, -0.05) is 38.5 Å². The minimum absolute atomic E-state index is 0.0844. The predicted molar refractivity (Wildman–Crippen MR) is 103 cm³/mol. The van der Waals surface area contributed by atoms with Crippen LogP contribution in [-0.4, -0.2) is 70.8 Å². The monoisotopic (exact) mass is 389 g/mol. The molecule has 2 aliphatic rings. The van der Waals surface area contributed by atoms with Gasteiger partial charge in [0, 0.05) is 25.3 Å². The Labute approximate surface area is 164 Å². The molecule has 2 saturated heterocycles. The Morgan fingerprint density at radius 3 is 2.54 bits per heavy atom. The zero-order valence-electron chi connectivity index (χ0n) is 16.3. The number of benzene rings is 1. The number of unbranched alkanes of at least 4 members (excludes halogenated alkanes) is 1. The van der Waals surface area contributed by atoms with Gasteiger partial charge in [-0.3, -0.25) is 4.90 Å². The first-order chi connectivity index (χ1) is 13.5. The molecule has 0 radical (unpaired) electrons. The molecule has 8 heteroatoms. The minimum atomic E-state index is -1.26. The number of carbonyl (C=O) groups is 3. The van der Waals surface area contributed by atoms with Crippen LogP contribution in [-0.2, 0) is 9.53 Å². The lowest BCUT2D eigenvalue weighted by Crippen LogP contribution is -2.64. The van der Waals surface area contributed by atoms with Crippen molar-refractivity contribution in [1.29, 1.82) is 0 Å². The van der Waals surface area contributed by atoms with Gasteiger partial charge in [0.25, 0.3) is 0 Å². The Kier molecular flexibility index (Phi) is 5.76. The Bertz CT molecular complexity index is 741. The number of carbonyl (C=O) groups excluding carboxylic acids is 2. The maximum absolute atomic E-state index is 13.3. The standard InChI is InChI=1S/C20H27N3O5/c1-3-5-13-28-17(24)20(4-2)16-14-21(19(26)27)11-12-22(16)18(25)23(20)15-9-7-6-8-10-15/h6-10,16H,3-5,11-14H2,1-2H3,(H,26,27). The van der Waals surface area contributed by atoms with Crippen LogP contribution in [0.1, 0.15) is 33.1 Å². The maximum Gasteiger partial charge on any atom is 0.407 e. The van der Waals surface area contributed by atoms with Gasteiger partial charge in [0.15, 0.2) is 5.54 Å². The fraction of sp³-hybridized carbons (Fsp3) is 0.550. The third-order valence-corrected chi connectivity index (χ3v) is 5.68. The Morgan fingerprint density at radius 1 is 1.21 bits per heavy atom. The van der Waals surface area contributed by atoms with E-state index in [2.05, 4.69) is 0 Å². The van der Waals surface area contributed by atoms with Crippen molar-refractivity contribution in [2.45, 2.75) is 44.7 Å². The van der Waals surface area contributed by atoms with E-state index in [1.165, 1.54) is 9.80 Å². The van der Waals surface area contributed by atoms with Gasteiger partial charge in [-0.25, -0.2) is 14.4 Å². The number of fused-ring (bicyclic) bond motifs is 1. The number of hydrogen-bond donors (Lipinski definition) is 1. The molecule has 2 aliphatic heterocycles. The number of esters is 1. The Hall–Kier alpha value is -2.77. The molecule has 1 aromatic rings. The summed E-state index contributed by atoms with van der Waals surface area (Å²) >= 11 is 0. The SMILES string of the molecule is CCCCOC(=O)C1(CC)C2CN(C(=O)O)CCN2C(=O)N1c1ccccc1. The van der Waals surface area contributed by atoms with Crippen LogP contribution in [0.2, 0.25) is 0 Å². The first-order valence-corrected chi connectivity index (χ1v) is 9.78. The van der Waals surface area contributed by atoms with E-state index >= 15 is 0 Å². The summed E-state index contributed by atoms with van der Waals surface area (Å²) in [6.07, 6.45) is 0.902. The molecule has 0 aromatic heterocycles. The van der Waals surface area contributed by atoms with Crippen molar-refractivity contribution in [2.75, 3.05) is 31.1 Å². The van der Waals surface area contributed by atoms with E-state index in [1.54, 1.807) is 17.0 Å². The highest BCUT2D eigenvalue weighted by Crippen LogP contribution is 2.42. The van der Waals surface area contributed by atoms with E-state index < -0.39 is 23.6 Å². The lowest BCUT2D eigenvalue weighted by Gasteiger charge is -2.42. The number of piperazine rings is 1. The Morgan fingerprint density at radius 2 is 1.93 bits per heavy atom. The second-order valence-electron chi connectivity index (χ2n) is 7.16. The number of ether oxygens (including phenoxy) is 1. The molecule has 2 atom stereocenters. The molecule has 152 valence electrons. The minimum Gasteiger partial charge on any atom is -0.465 e. The highest BCUT2D eigenvalue weighted by atomic mass is 16.5. The van der Waals surface area contributed by atoms with Crippen molar-refractivity contribution in [3.8, 4) is 0 Å². The van der Waals surface area contributed by atoms with Gasteiger partial charge in [0.2, 0.25) is 0 Å². The average molecular weight is 389 g/mol. The molecule has 1 aromatic carbocycles. The van der Waals surface area contributed by atoms with E-state index in [-0.39, 0.29) is 32.3 Å². The molecular formula is C20H27N3O5. The normalized spacial score (nSPS) is 24.3. The number of nitrogens with zero attached hydrogens (tertiary/aromatic N) is 3. The molecule has 1 N–H and O–H groups in total. The molecular weight excluding hydrogens is 362 g/mol. The van der Waals surface area contributed by atoms with Crippen LogP contribution in [0.3, 0.4) is 0 Å². The van der Waals surface area contributed by atoms with Gasteiger partial charge in [-0.2, -0.15) is 0 Å². The molecule has 2 heterocycles. The predicted octanol–water partition coefficient (Wildman–Crippen LogP) is 2.78. The first-order valence-electron chi connectivity index (χ1n) is 9.78. The van der Waals surface area contributed by atoms with Crippen LogP contribution >= 0.6 is 0 Å². The smallest absolute Gasteiger partial charge is 0.407 e. The summed E-state index contributed by atoms with van der Waals surface area (Å²) in [4.78, 5) is 42.6. The number of rotatable bonds is 6. The summed E-state index contributed by atoms with van der Waals surface area (Å²) in [7, 11) is 0. The molecule has 0 bridgehead atoms. The third-order valence-electron chi connectivity index (χ3n) is 5.68. The van der Waals surface area contributed by atoms with Gasteiger partial charge in [0.1, 0.15) is 0 Å². The number of carboxylic acid groups (broad SMARTS) is 1. The van der Waals surface area contributed by atoms with Gasteiger partial charge >= 0.3 is 18.1 Å². The van der Waals surface area contributed by atoms with Crippen molar-refractivity contribution < 1.29 is 24.2 Å². The van der Waals surface area contributed by atoms with Gasteiger partial charge < -0.3 is 19.6 Å². The van der Waals surface area contributed by atoms with Crippen molar-refractivity contribution in [2.24, 2.45) is 0 Å². The molecule has 3 amide bonds.